The molecule has 0 radical (unpaired) electrons. The first-order valence-corrected chi connectivity index (χ1v) is 10.2. The number of aromatic nitrogens is 1. The van der Waals surface area contributed by atoms with E-state index in [4.69, 9.17) is 9.47 Å². The van der Waals surface area contributed by atoms with Crippen LogP contribution in [-0.4, -0.2) is 30.0 Å². The average Bonchev–Trinajstić information content (AvgIpc) is 2.82. The summed E-state index contributed by atoms with van der Waals surface area (Å²) in [5, 5.41) is 0. The molecule has 0 fully saturated rings. The molecule has 3 aromatic rings. The van der Waals surface area contributed by atoms with Crippen molar-refractivity contribution in [1.29, 1.82) is 0 Å². The molecule has 0 aliphatic heterocycles. The topological polar surface area (TPSA) is 51.7 Å². The maximum Gasteiger partial charge on any atom is 0.254 e. The Morgan fingerprint density at radius 2 is 1.73 bits per heavy atom. The number of fused-ring (bicyclic) bond motifs is 1. The predicted octanol–water partition coefficient (Wildman–Crippen LogP) is 4.82. The van der Waals surface area contributed by atoms with E-state index in [9.17, 15) is 4.79 Å². The van der Waals surface area contributed by atoms with Crippen LogP contribution in [0.5, 0.6) is 11.5 Å². The van der Waals surface area contributed by atoms with Crippen molar-refractivity contribution < 1.29 is 14.3 Å². The van der Waals surface area contributed by atoms with Crippen LogP contribution in [0.25, 0.3) is 0 Å². The van der Waals surface area contributed by atoms with E-state index in [0.717, 1.165) is 24.8 Å². The Kier molecular flexibility index (Phi) is 5.98. The monoisotopic (exact) mass is 402 g/mol. The van der Waals surface area contributed by atoms with Crippen molar-refractivity contribution in [3.8, 4) is 11.5 Å². The quantitative estimate of drug-likeness (QED) is 0.593. The van der Waals surface area contributed by atoms with Crippen molar-refractivity contribution in [3.63, 3.8) is 0 Å². The first-order valence-electron chi connectivity index (χ1n) is 10.2. The second-order valence-electron chi connectivity index (χ2n) is 7.50. The Hall–Kier alpha value is -3.34. The van der Waals surface area contributed by atoms with Gasteiger partial charge in [0, 0.05) is 30.6 Å². The molecule has 5 heteroatoms. The number of hydrogen-bond acceptors (Lipinski definition) is 4. The van der Waals surface area contributed by atoms with Crippen LogP contribution in [0.15, 0.2) is 67.0 Å². The molecule has 4 rings (SSSR count). The highest BCUT2D eigenvalue weighted by Gasteiger charge is 2.30. The third kappa shape index (κ3) is 4.15. The molecule has 0 N–H and O–H groups in total. The van der Waals surface area contributed by atoms with Gasteiger partial charge < -0.3 is 14.4 Å². The molecule has 1 aromatic heterocycles. The van der Waals surface area contributed by atoms with Crippen molar-refractivity contribution in [3.05, 3.63) is 89.2 Å². The van der Waals surface area contributed by atoms with Gasteiger partial charge in [-0.3, -0.25) is 9.78 Å². The molecule has 0 bridgehead atoms. The number of hydrogen-bond donors (Lipinski definition) is 0. The lowest BCUT2D eigenvalue weighted by Crippen LogP contribution is -2.36. The number of aryl methyl sites for hydroxylation is 1. The number of benzene rings is 2. The van der Waals surface area contributed by atoms with Gasteiger partial charge in [-0.2, -0.15) is 0 Å². The summed E-state index contributed by atoms with van der Waals surface area (Å²) < 4.78 is 10.8. The Labute approximate surface area is 177 Å². The van der Waals surface area contributed by atoms with Gasteiger partial charge in [-0.1, -0.05) is 24.3 Å². The van der Waals surface area contributed by atoms with Crippen LogP contribution >= 0.6 is 0 Å². The van der Waals surface area contributed by atoms with Gasteiger partial charge in [0.15, 0.2) is 0 Å². The maximum absolute atomic E-state index is 13.8. The van der Waals surface area contributed by atoms with Crippen LogP contribution in [0.3, 0.4) is 0 Å². The van der Waals surface area contributed by atoms with Gasteiger partial charge >= 0.3 is 0 Å². The van der Waals surface area contributed by atoms with Crippen molar-refractivity contribution >= 4 is 5.91 Å². The fraction of sp³-hybridized carbons (Fsp3) is 0.280. The minimum absolute atomic E-state index is 0.0211. The van der Waals surface area contributed by atoms with Crippen LogP contribution in [0, 0.1) is 0 Å². The van der Waals surface area contributed by atoms with Crippen LogP contribution in [0.1, 0.15) is 45.9 Å². The van der Waals surface area contributed by atoms with Gasteiger partial charge in [-0.15, -0.1) is 0 Å². The van der Waals surface area contributed by atoms with E-state index in [2.05, 4.69) is 29.2 Å². The summed E-state index contributed by atoms with van der Waals surface area (Å²) in [4.78, 5) is 19.9. The Morgan fingerprint density at radius 3 is 2.43 bits per heavy atom. The molecule has 0 saturated heterocycles. The lowest BCUT2D eigenvalue weighted by atomic mass is 9.86. The highest BCUT2D eigenvalue weighted by Crippen LogP contribution is 2.36. The number of ether oxygens (including phenoxy) is 2. The molecule has 1 aliphatic rings. The minimum atomic E-state index is -0.0364. The predicted molar refractivity (Wildman–Crippen MR) is 116 cm³/mol. The average molecular weight is 402 g/mol. The normalized spacial score (nSPS) is 15.2. The molecule has 30 heavy (non-hydrogen) atoms. The van der Waals surface area contributed by atoms with E-state index in [-0.39, 0.29) is 11.9 Å². The summed E-state index contributed by atoms with van der Waals surface area (Å²) in [6, 6.07) is 17.7. The second kappa shape index (κ2) is 8.99. The summed E-state index contributed by atoms with van der Waals surface area (Å²) in [6.07, 6.45) is 6.58. The first kappa shape index (κ1) is 20.0. The van der Waals surface area contributed by atoms with Gasteiger partial charge in [0.25, 0.3) is 5.91 Å². The molecule has 1 atom stereocenters. The zero-order chi connectivity index (χ0) is 20.9. The van der Waals surface area contributed by atoms with E-state index in [1.807, 2.05) is 17.0 Å². The van der Waals surface area contributed by atoms with Gasteiger partial charge in [0.1, 0.15) is 11.5 Å². The van der Waals surface area contributed by atoms with E-state index >= 15 is 0 Å². The molecule has 1 unspecified atom stereocenters. The molecule has 5 nitrogen and oxygen atoms in total. The van der Waals surface area contributed by atoms with Gasteiger partial charge in [-0.05, 0) is 60.2 Å². The largest absolute Gasteiger partial charge is 0.497 e. The number of methoxy groups -OCH3 is 2. The summed E-state index contributed by atoms with van der Waals surface area (Å²) in [6.45, 7) is 0.514. The smallest absolute Gasteiger partial charge is 0.254 e. The number of carbonyl (C=O) groups is 1. The number of rotatable bonds is 6. The van der Waals surface area contributed by atoms with Gasteiger partial charge in [0.2, 0.25) is 0 Å². The number of amides is 1. The molecule has 2 aromatic carbocycles. The van der Waals surface area contributed by atoms with Crippen molar-refractivity contribution in [2.24, 2.45) is 0 Å². The summed E-state index contributed by atoms with van der Waals surface area (Å²) >= 11 is 0. The van der Waals surface area contributed by atoms with E-state index in [1.54, 1.807) is 44.8 Å². The Morgan fingerprint density at radius 1 is 1.03 bits per heavy atom. The summed E-state index contributed by atoms with van der Waals surface area (Å²) in [5.74, 6) is 1.17. The molecular weight excluding hydrogens is 376 g/mol. The number of nitrogens with zero attached hydrogens (tertiary/aromatic N) is 2. The standard InChI is InChI=1S/C25H26N2O3/c1-29-21-14-20(15-22(16-21)30-2)25(28)27(17-18-10-12-26-13-11-18)24-9-5-7-19-6-3-4-8-23(19)24/h3-4,6,8,10-16,24H,5,7,9,17H2,1-2H3. The lowest BCUT2D eigenvalue weighted by molar-refractivity contribution is 0.0637. The van der Waals surface area contributed by atoms with Crippen molar-refractivity contribution in [1.82, 2.24) is 9.88 Å². The third-order valence-corrected chi connectivity index (χ3v) is 5.68. The highest BCUT2D eigenvalue weighted by molar-refractivity contribution is 5.95. The summed E-state index contributed by atoms with van der Waals surface area (Å²) in [5.41, 5.74) is 4.17. The molecule has 1 heterocycles. The molecule has 1 amide bonds. The third-order valence-electron chi connectivity index (χ3n) is 5.68. The summed E-state index contributed by atoms with van der Waals surface area (Å²) in [7, 11) is 3.18. The van der Waals surface area contributed by atoms with Gasteiger partial charge in [-0.25, -0.2) is 0 Å². The fourth-order valence-corrected chi connectivity index (χ4v) is 4.16. The Balaban J connectivity index is 1.76. The van der Waals surface area contributed by atoms with Crippen molar-refractivity contribution in [2.45, 2.75) is 31.8 Å². The zero-order valence-electron chi connectivity index (χ0n) is 17.4. The molecule has 1 aliphatic carbocycles. The zero-order valence-corrected chi connectivity index (χ0v) is 17.4. The van der Waals surface area contributed by atoms with E-state index in [0.29, 0.717) is 23.6 Å². The van der Waals surface area contributed by atoms with Crippen LogP contribution in [0.2, 0.25) is 0 Å². The second-order valence-corrected chi connectivity index (χ2v) is 7.50. The maximum atomic E-state index is 13.8. The number of pyridine rings is 1. The van der Waals surface area contributed by atoms with Gasteiger partial charge in [0.05, 0.1) is 20.3 Å². The number of carbonyl (C=O) groups excluding carboxylic acids is 1. The van der Waals surface area contributed by atoms with Crippen LogP contribution in [-0.2, 0) is 13.0 Å². The van der Waals surface area contributed by atoms with Crippen LogP contribution < -0.4 is 9.47 Å². The first-order chi connectivity index (χ1) is 14.7. The Bertz CT molecular complexity index is 998. The van der Waals surface area contributed by atoms with E-state index in [1.165, 1.54) is 11.1 Å². The fourth-order valence-electron chi connectivity index (χ4n) is 4.16. The van der Waals surface area contributed by atoms with Crippen molar-refractivity contribution in [2.75, 3.05) is 14.2 Å². The van der Waals surface area contributed by atoms with E-state index < -0.39 is 0 Å². The molecule has 0 saturated carbocycles. The minimum Gasteiger partial charge on any atom is -0.497 e. The lowest BCUT2D eigenvalue weighted by Gasteiger charge is -2.36. The molecular formula is C25H26N2O3. The van der Waals surface area contributed by atoms with Crippen LogP contribution in [0.4, 0.5) is 0 Å². The SMILES string of the molecule is COc1cc(OC)cc(C(=O)N(Cc2ccncc2)C2CCCc3ccccc32)c1. The molecule has 0 spiro atoms. The molecule has 154 valence electrons. The highest BCUT2D eigenvalue weighted by atomic mass is 16.5.